The average Bonchev–Trinajstić information content (AvgIpc) is 3.26. The van der Waals surface area contributed by atoms with E-state index in [0.29, 0.717) is 29.7 Å². The SMILES string of the molecule is CCOc1ccc(-c2nc(-c3cccc(NC(=O)Nc4ccccc4)c3)no2)cc1. The Morgan fingerprint density at radius 1 is 0.900 bits per heavy atom. The fraction of sp³-hybridized carbons (Fsp3) is 0.0870. The van der Waals surface area contributed by atoms with Gasteiger partial charge in [0.2, 0.25) is 5.82 Å². The molecule has 0 saturated carbocycles. The van der Waals surface area contributed by atoms with E-state index in [9.17, 15) is 4.79 Å². The van der Waals surface area contributed by atoms with Gasteiger partial charge >= 0.3 is 6.03 Å². The van der Waals surface area contributed by atoms with Crippen molar-refractivity contribution < 1.29 is 14.1 Å². The smallest absolute Gasteiger partial charge is 0.323 e. The van der Waals surface area contributed by atoms with E-state index in [2.05, 4.69) is 20.8 Å². The van der Waals surface area contributed by atoms with Gasteiger partial charge in [-0.25, -0.2) is 4.79 Å². The molecule has 1 heterocycles. The molecule has 4 aromatic rings. The van der Waals surface area contributed by atoms with Crippen LogP contribution in [0.3, 0.4) is 0 Å². The number of urea groups is 1. The summed E-state index contributed by atoms with van der Waals surface area (Å²) >= 11 is 0. The molecular weight excluding hydrogens is 380 g/mol. The summed E-state index contributed by atoms with van der Waals surface area (Å²) < 4.78 is 10.9. The van der Waals surface area contributed by atoms with E-state index in [1.54, 1.807) is 12.1 Å². The molecular formula is C23H20N4O3. The Morgan fingerprint density at radius 3 is 2.40 bits per heavy atom. The van der Waals surface area contributed by atoms with Crippen LogP contribution in [-0.2, 0) is 0 Å². The zero-order chi connectivity index (χ0) is 20.8. The molecule has 0 aliphatic rings. The Morgan fingerprint density at radius 2 is 1.63 bits per heavy atom. The molecule has 1 aromatic heterocycles. The Bertz CT molecular complexity index is 1120. The molecule has 0 unspecified atom stereocenters. The molecule has 2 amide bonds. The number of aromatic nitrogens is 2. The number of rotatable bonds is 6. The Kier molecular flexibility index (Phi) is 5.70. The Balaban J connectivity index is 1.47. The monoisotopic (exact) mass is 400 g/mol. The maximum atomic E-state index is 12.2. The molecule has 0 radical (unpaired) electrons. The van der Waals surface area contributed by atoms with Gasteiger partial charge in [0.15, 0.2) is 0 Å². The molecule has 0 spiro atoms. The first-order valence-corrected chi connectivity index (χ1v) is 9.51. The second-order valence-corrected chi connectivity index (χ2v) is 6.41. The fourth-order valence-electron chi connectivity index (χ4n) is 2.87. The number of nitrogens with zero attached hydrogens (tertiary/aromatic N) is 2. The van der Waals surface area contributed by atoms with Gasteiger partial charge in [0.05, 0.1) is 6.61 Å². The highest BCUT2D eigenvalue weighted by atomic mass is 16.5. The van der Waals surface area contributed by atoms with Crippen LogP contribution in [0.15, 0.2) is 83.4 Å². The van der Waals surface area contributed by atoms with E-state index in [0.717, 1.165) is 16.9 Å². The molecule has 7 heteroatoms. The van der Waals surface area contributed by atoms with Crippen molar-refractivity contribution in [2.24, 2.45) is 0 Å². The largest absolute Gasteiger partial charge is 0.494 e. The molecule has 30 heavy (non-hydrogen) atoms. The van der Waals surface area contributed by atoms with Crippen LogP contribution in [0.1, 0.15) is 6.92 Å². The van der Waals surface area contributed by atoms with E-state index >= 15 is 0 Å². The topological polar surface area (TPSA) is 89.3 Å². The summed E-state index contributed by atoms with van der Waals surface area (Å²) in [6.07, 6.45) is 0. The zero-order valence-corrected chi connectivity index (χ0v) is 16.3. The Hall–Kier alpha value is -4.13. The van der Waals surface area contributed by atoms with Crippen molar-refractivity contribution in [1.29, 1.82) is 0 Å². The van der Waals surface area contributed by atoms with Crippen molar-refractivity contribution in [2.75, 3.05) is 17.2 Å². The van der Waals surface area contributed by atoms with Crippen LogP contribution in [0.5, 0.6) is 5.75 Å². The van der Waals surface area contributed by atoms with Crippen LogP contribution >= 0.6 is 0 Å². The van der Waals surface area contributed by atoms with Crippen LogP contribution in [0.2, 0.25) is 0 Å². The molecule has 0 fully saturated rings. The lowest BCUT2D eigenvalue weighted by Crippen LogP contribution is -2.19. The lowest BCUT2D eigenvalue weighted by Gasteiger charge is -2.08. The number of amides is 2. The number of para-hydroxylation sites is 1. The number of benzene rings is 3. The lowest BCUT2D eigenvalue weighted by molar-refractivity contribution is 0.262. The quantitative estimate of drug-likeness (QED) is 0.449. The van der Waals surface area contributed by atoms with Gasteiger partial charge in [-0.1, -0.05) is 35.5 Å². The number of nitrogens with one attached hydrogen (secondary N) is 2. The minimum absolute atomic E-state index is 0.332. The molecule has 0 atom stereocenters. The molecule has 0 saturated heterocycles. The predicted molar refractivity (Wildman–Crippen MR) is 115 cm³/mol. The van der Waals surface area contributed by atoms with E-state index < -0.39 is 0 Å². The van der Waals surface area contributed by atoms with Gasteiger partial charge in [-0.05, 0) is 55.5 Å². The van der Waals surface area contributed by atoms with Gasteiger partial charge in [-0.2, -0.15) is 4.98 Å². The first kappa shape index (κ1) is 19.2. The van der Waals surface area contributed by atoms with Crippen molar-refractivity contribution >= 4 is 17.4 Å². The second kappa shape index (κ2) is 8.91. The van der Waals surface area contributed by atoms with Crippen molar-refractivity contribution in [2.45, 2.75) is 6.92 Å². The molecule has 150 valence electrons. The maximum absolute atomic E-state index is 12.2. The normalized spacial score (nSPS) is 10.4. The third-order valence-corrected chi connectivity index (χ3v) is 4.25. The molecule has 0 bridgehead atoms. The number of hydrogen-bond acceptors (Lipinski definition) is 5. The van der Waals surface area contributed by atoms with Crippen molar-refractivity contribution in [3.63, 3.8) is 0 Å². The van der Waals surface area contributed by atoms with Crippen molar-refractivity contribution in [3.8, 4) is 28.6 Å². The summed E-state index contributed by atoms with van der Waals surface area (Å²) in [5.74, 6) is 1.63. The molecule has 3 aromatic carbocycles. The minimum Gasteiger partial charge on any atom is -0.494 e. The van der Waals surface area contributed by atoms with Crippen LogP contribution < -0.4 is 15.4 Å². The highest BCUT2D eigenvalue weighted by Gasteiger charge is 2.12. The highest BCUT2D eigenvalue weighted by molar-refractivity contribution is 6.00. The third-order valence-electron chi connectivity index (χ3n) is 4.25. The second-order valence-electron chi connectivity index (χ2n) is 6.41. The van der Waals surface area contributed by atoms with Crippen LogP contribution in [-0.4, -0.2) is 22.8 Å². The minimum atomic E-state index is -0.332. The van der Waals surface area contributed by atoms with Gasteiger partial charge in [0.1, 0.15) is 5.75 Å². The Labute approximate surface area is 173 Å². The molecule has 7 nitrogen and oxygen atoms in total. The van der Waals surface area contributed by atoms with E-state index in [1.807, 2.05) is 73.7 Å². The van der Waals surface area contributed by atoms with Crippen LogP contribution in [0.4, 0.5) is 16.2 Å². The fourth-order valence-corrected chi connectivity index (χ4v) is 2.87. The first-order valence-electron chi connectivity index (χ1n) is 9.51. The molecule has 0 aliphatic heterocycles. The average molecular weight is 400 g/mol. The summed E-state index contributed by atoms with van der Waals surface area (Å²) in [5.41, 5.74) is 2.86. The molecule has 4 rings (SSSR count). The van der Waals surface area contributed by atoms with E-state index in [-0.39, 0.29) is 6.03 Å². The van der Waals surface area contributed by atoms with Crippen LogP contribution in [0, 0.1) is 0 Å². The first-order chi connectivity index (χ1) is 14.7. The highest BCUT2D eigenvalue weighted by Crippen LogP contribution is 2.25. The summed E-state index contributed by atoms with van der Waals surface area (Å²) in [6.45, 7) is 2.55. The van der Waals surface area contributed by atoms with E-state index in [4.69, 9.17) is 9.26 Å². The van der Waals surface area contributed by atoms with Gasteiger partial charge in [-0.3, -0.25) is 0 Å². The maximum Gasteiger partial charge on any atom is 0.323 e. The third kappa shape index (κ3) is 4.64. The number of anilines is 2. The number of carbonyl (C=O) groups is 1. The summed E-state index contributed by atoms with van der Waals surface area (Å²) in [4.78, 5) is 16.7. The van der Waals surface area contributed by atoms with E-state index in [1.165, 1.54) is 0 Å². The standard InChI is InChI=1S/C23H20N4O3/c1-2-29-20-13-11-16(12-14-20)22-26-21(27-30-22)17-7-6-10-19(15-17)25-23(28)24-18-8-4-3-5-9-18/h3-15H,2H2,1H3,(H2,24,25,28). The van der Waals surface area contributed by atoms with Gasteiger partial charge in [0, 0.05) is 22.5 Å². The van der Waals surface area contributed by atoms with Crippen LogP contribution in [0.25, 0.3) is 22.8 Å². The molecule has 0 aliphatic carbocycles. The summed E-state index contributed by atoms with van der Waals surface area (Å²) in [6, 6.07) is 23.6. The predicted octanol–water partition coefficient (Wildman–Crippen LogP) is 5.45. The number of ether oxygens (including phenoxy) is 1. The van der Waals surface area contributed by atoms with Gasteiger partial charge < -0.3 is 19.9 Å². The zero-order valence-electron chi connectivity index (χ0n) is 16.3. The molecule has 2 N–H and O–H groups in total. The summed E-state index contributed by atoms with van der Waals surface area (Å²) in [5, 5.41) is 9.65. The number of hydrogen-bond donors (Lipinski definition) is 2. The van der Waals surface area contributed by atoms with Gasteiger partial charge in [0.25, 0.3) is 5.89 Å². The summed E-state index contributed by atoms with van der Waals surface area (Å²) in [7, 11) is 0. The lowest BCUT2D eigenvalue weighted by atomic mass is 10.2. The van der Waals surface area contributed by atoms with Crippen molar-refractivity contribution in [3.05, 3.63) is 78.9 Å². The van der Waals surface area contributed by atoms with Gasteiger partial charge in [-0.15, -0.1) is 0 Å². The number of carbonyl (C=O) groups excluding carboxylic acids is 1. The van der Waals surface area contributed by atoms with Crippen molar-refractivity contribution in [1.82, 2.24) is 10.1 Å².